The maximum absolute atomic E-state index is 12.2. The minimum absolute atomic E-state index is 0.134. The number of aromatic nitrogens is 1. The molecule has 2 aliphatic rings. The molecule has 2 heterocycles. The van der Waals surface area contributed by atoms with Crippen LogP contribution in [-0.4, -0.2) is 40.2 Å². The summed E-state index contributed by atoms with van der Waals surface area (Å²) in [6.07, 6.45) is 8.04. The van der Waals surface area contributed by atoms with E-state index in [9.17, 15) is 14.4 Å². The largest absolute Gasteiger partial charge is 0.352 e. The third-order valence-corrected chi connectivity index (χ3v) is 4.25. The van der Waals surface area contributed by atoms with Crippen LogP contribution in [0.1, 0.15) is 59.4 Å². The van der Waals surface area contributed by atoms with Gasteiger partial charge in [-0.15, -0.1) is 0 Å². The zero-order valence-electron chi connectivity index (χ0n) is 12.4. The lowest BCUT2D eigenvalue weighted by Gasteiger charge is -2.19. The first-order valence-electron chi connectivity index (χ1n) is 7.77. The third kappa shape index (κ3) is 2.86. The Balaban J connectivity index is 1.63. The van der Waals surface area contributed by atoms with E-state index in [1.807, 2.05) is 0 Å². The average molecular weight is 301 g/mol. The van der Waals surface area contributed by atoms with Crippen LogP contribution in [0, 0.1) is 0 Å². The molecule has 1 saturated carbocycles. The van der Waals surface area contributed by atoms with Gasteiger partial charge in [0, 0.05) is 12.2 Å². The van der Waals surface area contributed by atoms with Gasteiger partial charge in [0.2, 0.25) is 5.91 Å². The summed E-state index contributed by atoms with van der Waals surface area (Å²) >= 11 is 0. The number of rotatable bonds is 3. The molecule has 1 fully saturated rings. The number of imide groups is 1. The number of fused-ring (bicyclic) bond motifs is 1. The maximum Gasteiger partial charge on any atom is 0.280 e. The standard InChI is InChI=1S/C16H19N3O3/c20-13(18-11-6-3-1-2-4-7-11)10-19-15(21)12-8-5-9-17-14(12)16(19)22/h5,8-9,11H,1-4,6-7,10H2,(H,18,20). The molecule has 116 valence electrons. The van der Waals surface area contributed by atoms with Gasteiger partial charge in [0.05, 0.1) is 5.56 Å². The van der Waals surface area contributed by atoms with Gasteiger partial charge in [-0.2, -0.15) is 0 Å². The van der Waals surface area contributed by atoms with Gasteiger partial charge >= 0.3 is 0 Å². The maximum atomic E-state index is 12.2. The Kier molecular flexibility index (Phi) is 4.18. The minimum atomic E-state index is -0.489. The first-order valence-corrected chi connectivity index (χ1v) is 7.77. The molecule has 6 heteroatoms. The molecule has 1 aliphatic carbocycles. The fraction of sp³-hybridized carbons (Fsp3) is 0.500. The molecule has 3 rings (SSSR count). The van der Waals surface area contributed by atoms with Crippen LogP contribution >= 0.6 is 0 Å². The molecule has 1 aromatic rings. The van der Waals surface area contributed by atoms with Gasteiger partial charge < -0.3 is 5.32 Å². The lowest BCUT2D eigenvalue weighted by molar-refractivity contribution is -0.122. The Morgan fingerprint density at radius 1 is 1.18 bits per heavy atom. The molecule has 0 atom stereocenters. The number of carbonyl (C=O) groups excluding carboxylic acids is 3. The molecule has 6 nitrogen and oxygen atoms in total. The van der Waals surface area contributed by atoms with Gasteiger partial charge in [0.1, 0.15) is 12.2 Å². The first-order chi connectivity index (χ1) is 10.7. The average Bonchev–Trinajstić information content (AvgIpc) is 2.72. The van der Waals surface area contributed by atoms with Crippen molar-refractivity contribution in [1.82, 2.24) is 15.2 Å². The lowest BCUT2D eigenvalue weighted by atomic mass is 10.1. The number of carbonyl (C=O) groups is 3. The summed E-state index contributed by atoms with van der Waals surface area (Å²) in [5.41, 5.74) is 0.407. The van der Waals surface area contributed by atoms with Gasteiger partial charge in [0.15, 0.2) is 0 Å². The van der Waals surface area contributed by atoms with Gasteiger partial charge in [-0.05, 0) is 25.0 Å². The van der Waals surface area contributed by atoms with E-state index in [0.717, 1.165) is 30.6 Å². The molecular formula is C16H19N3O3. The number of amides is 3. The molecular weight excluding hydrogens is 282 g/mol. The highest BCUT2D eigenvalue weighted by atomic mass is 16.2. The first kappa shape index (κ1) is 14.7. The smallest absolute Gasteiger partial charge is 0.280 e. The van der Waals surface area contributed by atoms with Crippen LogP contribution in [0.5, 0.6) is 0 Å². The number of hydrogen-bond donors (Lipinski definition) is 1. The molecule has 3 amide bonds. The summed E-state index contributed by atoms with van der Waals surface area (Å²) in [6, 6.07) is 3.33. The molecule has 0 bridgehead atoms. The second-order valence-corrected chi connectivity index (χ2v) is 5.85. The zero-order chi connectivity index (χ0) is 15.5. The van der Waals surface area contributed by atoms with E-state index in [1.54, 1.807) is 12.1 Å². The van der Waals surface area contributed by atoms with Crippen molar-refractivity contribution in [2.45, 2.75) is 44.6 Å². The van der Waals surface area contributed by atoms with Crippen molar-refractivity contribution in [2.24, 2.45) is 0 Å². The van der Waals surface area contributed by atoms with Crippen molar-refractivity contribution in [3.8, 4) is 0 Å². The van der Waals surface area contributed by atoms with Crippen LogP contribution < -0.4 is 5.32 Å². The molecule has 1 aromatic heterocycles. The number of hydrogen-bond acceptors (Lipinski definition) is 4. The number of nitrogens with zero attached hydrogens (tertiary/aromatic N) is 2. The minimum Gasteiger partial charge on any atom is -0.352 e. The van der Waals surface area contributed by atoms with E-state index < -0.39 is 11.8 Å². The van der Waals surface area contributed by atoms with Gasteiger partial charge in [0.25, 0.3) is 11.8 Å². The quantitative estimate of drug-likeness (QED) is 0.678. The molecule has 0 unspecified atom stereocenters. The second-order valence-electron chi connectivity index (χ2n) is 5.85. The van der Waals surface area contributed by atoms with E-state index in [0.29, 0.717) is 0 Å². The SMILES string of the molecule is O=C(CN1C(=O)c2cccnc2C1=O)NC1CCCCCC1. The van der Waals surface area contributed by atoms with Gasteiger partial charge in [-0.3, -0.25) is 24.3 Å². The van der Waals surface area contributed by atoms with Crippen LogP contribution in [0.4, 0.5) is 0 Å². The molecule has 22 heavy (non-hydrogen) atoms. The predicted molar refractivity (Wildman–Crippen MR) is 79.2 cm³/mol. The molecule has 1 aliphatic heterocycles. The Bertz CT molecular complexity index is 571. The monoisotopic (exact) mass is 301 g/mol. The van der Waals surface area contributed by atoms with Gasteiger partial charge in [-0.25, -0.2) is 0 Å². The summed E-state index contributed by atoms with van der Waals surface area (Å²) < 4.78 is 0. The fourth-order valence-corrected chi connectivity index (χ4v) is 3.10. The zero-order valence-corrected chi connectivity index (χ0v) is 12.4. The highest BCUT2D eigenvalue weighted by Gasteiger charge is 2.37. The molecule has 0 radical (unpaired) electrons. The van der Waals surface area contributed by atoms with Crippen LogP contribution in [0.15, 0.2) is 18.3 Å². The van der Waals surface area contributed by atoms with Crippen molar-refractivity contribution in [3.63, 3.8) is 0 Å². The van der Waals surface area contributed by atoms with E-state index >= 15 is 0 Å². The summed E-state index contributed by atoms with van der Waals surface area (Å²) in [4.78, 5) is 41.4. The van der Waals surface area contributed by atoms with Crippen molar-refractivity contribution in [1.29, 1.82) is 0 Å². The fourth-order valence-electron chi connectivity index (χ4n) is 3.10. The third-order valence-electron chi connectivity index (χ3n) is 4.25. The topological polar surface area (TPSA) is 79.4 Å². The summed E-state index contributed by atoms with van der Waals surface area (Å²) in [5, 5.41) is 2.95. The van der Waals surface area contributed by atoms with E-state index in [1.165, 1.54) is 19.0 Å². The number of pyridine rings is 1. The van der Waals surface area contributed by atoms with Crippen LogP contribution in [0.2, 0.25) is 0 Å². The van der Waals surface area contributed by atoms with Crippen molar-refractivity contribution in [2.75, 3.05) is 6.54 Å². The molecule has 1 N–H and O–H groups in total. The molecule has 0 aromatic carbocycles. The predicted octanol–water partition coefficient (Wildman–Crippen LogP) is 1.52. The van der Waals surface area contributed by atoms with E-state index in [2.05, 4.69) is 10.3 Å². The van der Waals surface area contributed by atoms with Crippen molar-refractivity contribution >= 4 is 17.7 Å². The Morgan fingerprint density at radius 2 is 1.91 bits per heavy atom. The number of nitrogens with one attached hydrogen (secondary N) is 1. The van der Waals surface area contributed by atoms with Crippen LogP contribution in [0.25, 0.3) is 0 Å². The molecule has 0 spiro atoms. The normalized spacial score (nSPS) is 19.0. The highest BCUT2D eigenvalue weighted by Crippen LogP contribution is 2.20. The summed E-state index contributed by atoms with van der Waals surface area (Å²) in [6.45, 7) is -0.232. The van der Waals surface area contributed by atoms with Crippen LogP contribution in [0.3, 0.4) is 0 Å². The van der Waals surface area contributed by atoms with Crippen LogP contribution in [-0.2, 0) is 4.79 Å². The van der Waals surface area contributed by atoms with E-state index in [-0.39, 0.29) is 29.8 Å². The van der Waals surface area contributed by atoms with Crippen molar-refractivity contribution in [3.05, 3.63) is 29.6 Å². The lowest BCUT2D eigenvalue weighted by Crippen LogP contribution is -2.44. The second kappa shape index (κ2) is 6.25. The van der Waals surface area contributed by atoms with Gasteiger partial charge in [-0.1, -0.05) is 25.7 Å². The highest BCUT2D eigenvalue weighted by molar-refractivity contribution is 6.21. The molecule has 0 saturated heterocycles. The summed E-state index contributed by atoms with van der Waals surface area (Å²) in [5.74, 6) is -1.21. The Morgan fingerprint density at radius 3 is 2.59 bits per heavy atom. The Labute approximate surface area is 128 Å². The Hall–Kier alpha value is -2.24. The van der Waals surface area contributed by atoms with Crippen molar-refractivity contribution < 1.29 is 14.4 Å². The van der Waals surface area contributed by atoms with E-state index in [4.69, 9.17) is 0 Å². The summed E-state index contributed by atoms with van der Waals surface area (Å²) in [7, 11) is 0.